The molecule has 1 aromatic rings. The molecule has 3 atom stereocenters. The van der Waals surface area contributed by atoms with Gasteiger partial charge in [0.15, 0.2) is 0 Å². The second-order valence-electron chi connectivity index (χ2n) is 7.81. The Labute approximate surface area is 129 Å². The third kappa shape index (κ3) is 3.85. The van der Waals surface area contributed by atoms with E-state index in [1.165, 1.54) is 24.8 Å². The lowest BCUT2D eigenvalue weighted by molar-refractivity contribution is 0.130. The van der Waals surface area contributed by atoms with Crippen LogP contribution in [0.15, 0.2) is 18.2 Å². The van der Waals surface area contributed by atoms with Crippen molar-refractivity contribution in [1.29, 1.82) is 0 Å². The van der Waals surface area contributed by atoms with Gasteiger partial charge in [0.1, 0.15) is 5.82 Å². The monoisotopic (exact) mass is 291 g/mol. The Balaban J connectivity index is 2.26. The van der Waals surface area contributed by atoms with Gasteiger partial charge >= 0.3 is 0 Å². The molecule has 1 saturated carbocycles. The molecule has 0 spiro atoms. The molecule has 1 aliphatic rings. The smallest absolute Gasteiger partial charge is 0.126 e. The first-order valence-electron chi connectivity index (χ1n) is 8.23. The molecule has 2 heteroatoms. The fourth-order valence-electron chi connectivity index (χ4n) is 3.83. The van der Waals surface area contributed by atoms with Crippen molar-refractivity contribution < 1.29 is 4.39 Å². The summed E-state index contributed by atoms with van der Waals surface area (Å²) in [5.41, 5.74) is 2.45. The van der Waals surface area contributed by atoms with Crippen molar-refractivity contribution in [3.8, 4) is 0 Å². The third-order valence-corrected chi connectivity index (χ3v) is 5.29. The zero-order valence-corrected chi connectivity index (χ0v) is 14.2. The van der Waals surface area contributed by atoms with E-state index in [0.29, 0.717) is 17.3 Å². The van der Waals surface area contributed by atoms with Gasteiger partial charge in [-0.3, -0.25) is 0 Å². The first-order valence-corrected chi connectivity index (χ1v) is 8.23. The largest absolute Gasteiger partial charge is 0.319 e. The highest BCUT2D eigenvalue weighted by atomic mass is 19.1. The molecule has 1 aromatic carbocycles. The number of benzene rings is 1. The molecule has 0 aliphatic heterocycles. The molecule has 1 fully saturated rings. The molecule has 21 heavy (non-hydrogen) atoms. The molecule has 0 saturated heterocycles. The van der Waals surface area contributed by atoms with Crippen LogP contribution in [0.1, 0.15) is 57.1 Å². The number of rotatable bonds is 3. The highest BCUT2D eigenvalue weighted by Gasteiger charge is 2.36. The van der Waals surface area contributed by atoms with Crippen LogP contribution in [-0.2, 0) is 0 Å². The van der Waals surface area contributed by atoms with Gasteiger partial charge in [-0.05, 0) is 80.1 Å². The van der Waals surface area contributed by atoms with Crippen LogP contribution in [0, 0.1) is 30.0 Å². The summed E-state index contributed by atoms with van der Waals surface area (Å²) in [7, 11) is 2.03. The summed E-state index contributed by atoms with van der Waals surface area (Å²) in [5.74, 6) is 1.88. The summed E-state index contributed by atoms with van der Waals surface area (Å²) in [6.07, 6.45) is 3.80. The quantitative estimate of drug-likeness (QED) is 0.835. The van der Waals surface area contributed by atoms with Gasteiger partial charge in [-0.1, -0.05) is 32.9 Å². The molecular weight excluding hydrogens is 261 g/mol. The van der Waals surface area contributed by atoms with Crippen LogP contribution >= 0.6 is 0 Å². The molecule has 0 amide bonds. The molecule has 1 aliphatic carbocycles. The molecule has 3 unspecified atom stereocenters. The molecule has 1 N–H and O–H groups in total. The number of nitrogens with one attached hydrogen (secondary N) is 1. The Bertz CT molecular complexity index is 475. The van der Waals surface area contributed by atoms with Gasteiger partial charge in [-0.15, -0.1) is 0 Å². The van der Waals surface area contributed by atoms with Crippen molar-refractivity contribution in [2.45, 2.75) is 52.9 Å². The minimum Gasteiger partial charge on any atom is -0.319 e. The fraction of sp³-hybridized carbons (Fsp3) is 0.684. The van der Waals surface area contributed by atoms with Gasteiger partial charge in [0.25, 0.3) is 0 Å². The molecule has 1 nitrogen and oxygen atoms in total. The lowest BCUT2D eigenvalue weighted by atomic mass is 9.64. The highest BCUT2D eigenvalue weighted by molar-refractivity contribution is 5.28. The maximum atomic E-state index is 13.6. The van der Waals surface area contributed by atoms with Crippen molar-refractivity contribution in [2.75, 3.05) is 13.6 Å². The predicted octanol–water partition coefficient (Wildman–Crippen LogP) is 4.90. The van der Waals surface area contributed by atoms with Crippen LogP contribution < -0.4 is 5.32 Å². The topological polar surface area (TPSA) is 12.0 Å². The van der Waals surface area contributed by atoms with Gasteiger partial charge < -0.3 is 5.32 Å². The molecule has 0 bridgehead atoms. The van der Waals surface area contributed by atoms with E-state index < -0.39 is 0 Å². The minimum absolute atomic E-state index is 0.0907. The van der Waals surface area contributed by atoms with Crippen LogP contribution in [-0.4, -0.2) is 13.6 Å². The number of hydrogen-bond acceptors (Lipinski definition) is 1. The van der Waals surface area contributed by atoms with Crippen molar-refractivity contribution >= 4 is 0 Å². The molecule has 118 valence electrons. The van der Waals surface area contributed by atoms with E-state index in [9.17, 15) is 4.39 Å². The second kappa shape index (κ2) is 6.48. The number of halogens is 1. The van der Waals surface area contributed by atoms with E-state index in [2.05, 4.69) is 32.2 Å². The molecular formula is C19H30FN. The van der Waals surface area contributed by atoms with E-state index in [1.807, 2.05) is 20.0 Å². The van der Waals surface area contributed by atoms with Crippen molar-refractivity contribution in [1.82, 2.24) is 5.32 Å². The first kappa shape index (κ1) is 16.5. The lowest BCUT2D eigenvalue weighted by Crippen LogP contribution is -2.34. The zero-order valence-electron chi connectivity index (χ0n) is 14.2. The molecule has 0 radical (unpaired) electrons. The van der Waals surface area contributed by atoms with Gasteiger partial charge in [-0.2, -0.15) is 0 Å². The third-order valence-electron chi connectivity index (χ3n) is 5.29. The van der Waals surface area contributed by atoms with E-state index in [4.69, 9.17) is 0 Å². The van der Waals surface area contributed by atoms with Crippen molar-refractivity contribution in [3.05, 3.63) is 35.1 Å². The predicted molar refractivity (Wildman–Crippen MR) is 88.1 cm³/mol. The van der Waals surface area contributed by atoms with Gasteiger partial charge in [0.2, 0.25) is 0 Å². The Morgan fingerprint density at radius 3 is 2.52 bits per heavy atom. The van der Waals surface area contributed by atoms with Crippen LogP contribution in [0.2, 0.25) is 0 Å². The summed E-state index contributed by atoms with van der Waals surface area (Å²) in [6, 6.07) is 5.70. The fourth-order valence-corrected chi connectivity index (χ4v) is 3.83. The van der Waals surface area contributed by atoms with Crippen LogP contribution in [0.4, 0.5) is 4.39 Å². The van der Waals surface area contributed by atoms with Crippen molar-refractivity contribution in [3.63, 3.8) is 0 Å². The van der Waals surface area contributed by atoms with Gasteiger partial charge in [0.05, 0.1) is 0 Å². The highest BCUT2D eigenvalue weighted by Crippen LogP contribution is 2.46. The average molecular weight is 291 g/mol. The Hall–Kier alpha value is -0.890. The minimum atomic E-state index is -0.0907. The molecule has 2 rings (SSSR count). The van der Waals surface area contributed by atoms with E-state index >= 15 is 0 Å². The Morgan fingerprint density at radius 1 is 1.24 bits per heavy atom. The van der Waals surface area contributed by atoms with E-state index in [0.717, 1.165) is 18.0 Å². The standard InChI is InChI=1S/C19H30FN/c1-13-10-14(7-9-18(13)20)17-11-16(19(2,3)4)8-6-15(17)12-21-5/h7,9-10,15-17,21H,6,8,11-12H2,1-5H3. The second-order valence-corrected chi connectivity index (χ2v) is 7.81. The number of hydrogen-bond donors (Lipinski definition) is 1. The number of aryl methyl sites for hydroxylation is 1. The molecule has 0 aromatic heterocycles. The van der Waals surface area contributed by atoms with Gasteiger partial charge in [-0.25, -0.2) is 4.39 Å². The summed E-state index contributed by atoms with van der Waals surface area (Å²) in [6.45, 7) is 9.98. The summed E-state index contributed by atoms with van der Waals surface area (Å²) in [4.78, 5) is 0. The van der Waals surface area contributed by atoms with Crippen LogP contribution in [0.25, 0.3) is 0 Å². The maximum absolute atomic E-state index is 13.6. The zero-order chi connectivity index (χ0) is 15.6. The van der Waals surface area contributed by atoms with Crippen LogP contribution in [0.3, 0.4) is 0 Å². The normalized spacial score (nSPS) is 26.9. The van der Waals surface area contributed by atoms with Gasteiger partial charge in [0, 0.05) is 0 Å². The Kier molecular flexibility index (Phi) is 5.08. The SMILES string of the molecule is CNCC1CCC(C(C)(C)C)CC1c1ccc(F)c(C)c1. The Morgan fingerprint density at radius 2 is 1.95 bits per heavy atom. The van der Waals surface area contributed by atoms with Crippen molar-refractivity contribution in [2.24, 2.45) is 17.3 Å². The summed E-state index contributed by atoms with van der Waals surface area (Å²) < 4.78 is 13.6. The van der Waals surface area contributed by atoms with E-state index in [1.54, 1.807) is 6.07 Å². The van der Waals surface area contributed by atoms with E-state index in [-0.39, 0.29) is 5.82 Å². The summed E-state index contributed by atoms with van der Waals surface area (Å²) >= 11 is 0. The maximum Gasteiger partial charge on any atom is 0.126 e. The van der Waals surface area contributed by atoms with Crippen LogP contribution in [0.5, 0.6) is 0 Å². The first-order chi connectivity index (χ1) is 9.82. The molecule has 0 heterocycles. The summed E-state index contributed by atoms with van der Waals surface area (Å²) in [5, 5.41) is 3.34. The average Bonchev–Trinajstić information content (AvgIpc) is 2.41. The lowest BCUT2D eigenvalue weighted by Gasteiger charge is -2.42.